The summed E-state index contributed by atoms with van der Waals surface area (Å²) in [5, 5.41) is 8.22. The molecule has 16 heavy (non-hydrogen) atoms. The van der Waals surface area contributed by atoms with E-state index in [0.717, 1.165) is 0 Å². The summed E-state index contributed by atoms with van der Waals surface area (Å²) in [7, 11) is 0. The number of nitrogens with two attached hydrogens (primary N) is 2. The molecule has 1 aromatic heterocycles. The van der Waals surface area contributed by atoms with Crippen LogP contribution in [0.2, 0.25) is 0 Å². The van der Waals surface area contributed by atoms with Crippen LogP contribution in [0, 0.1) is 0 Å². The average Bonchev–Trinajstić information content (AvgIpc) is 2.28. The average molecular weight is 226 g/mol. The molecule has 0 aliphatic heterocycles. The molecule has 1 atom stereocenters. The first-order valence-electron chi connectivity index (χ1n) is 4.50. The fourth-order valence-electron chi connectivity index (χ4n) is 0.675. The van der Waals surface area contributed by atoms with Gasteiger partial charge in [-0.1, -0.05) is 0 Å². The Bertz CT molecular complexity index is 291. The van der Waals surface area contributed by atoms with Crippen molar-refractivity contribution in [3.05, 3.63) is 24.8 Å². The number of primary amides is 1. The molecular formula is C9H14N4O3. The zero-order valence-corrected chi connectivity index (χ0v) is 8.61. The molecule has 0 aliphatic rings. The summed E-state index contributed by atoms with van der Waals surface area (Å²) in [4.78, 5) is 27.5. The van der Waals surface area contributed by atoms with Crippen LogP contribution in [0.5, 0.6) is 0 Å². The van der Waals surface area contributed by atoms with Gasteiger partial charge in [-0.2, -0.15) is 0 Å². The van der Waals surface area contributed by atoms with Crippen LogP contribution in [-0.4, -0.2) is 33.0 Å². The molecular weight excluding hydrogens is 212 g/mol. The van der Waals surface area contributed by atoms with Crippen molar-refractivity contribution in [2.45, 2.75) is 18.9 Å². The second kappa shape index (κ2) is 8.30. The van der Waals surface area contributed by atoms with E-state index in [0.29, 0.717) is 0 Å². The van der Waals surface area contributed by atoms with Crippen molar-refractivity contribution in [3.63, 3.8) is 0 Å². The summed E-state index contributed by atoms with van der Waals surface area (Å²) in [5.41, 5.74) is 9.81. The summed E-state index contributed by atoms with van der Waals surface area (Å²) in [5.74, 6) is -1.64. The summed E-state index contributed by atoms with van der Waals surface area (Å²) in [6, 6.07) is 0.799. The zero-order valence-electron chi connectivity index (χ0n) is 8.61. The van der Waals surface area contributed by atoms with E-state index in [-0.39, 0.29) is 12.8 Å². The number of carbonyl (C=O) groups is 2. The lowest BCUT2D eigenvalue weighted by atomic mass is 10.2. The minimum atomic E-state index is -1.11. The van der Waals surface area contributed by atoms with E-state index in [9.17, 15) is 9.59 Å². The van der Waals surface area contributed by atoms with E-state index in [1.54, 1.807) is 18.5 Å². The Morgan fingerprint density at radius 1 is 1.31 bits per heavy atom. The van der Waals surface area contributed by atoms with Gasteiger partial charge in [-0.3, -0.25) is 9.59 Å². The van der Waals surface area contributed by atoms with E-state index < -0.39 is 17.9 Å². The highest BCUT2D eigenvalue weighted by Crippen LogP contribution is 1.92. The first kappa shape index (κ1) is 14.0. The first-order valence-corrected chi connectivity index (χ1v) is 4.50. The fourth-order valence-corrected chi connectivity index (χ4v) is 0.675. The molecule has 0 fully saturated rings. The third-order valence-corrected chi connectivity index (χ3v) is 1.50. The minimum Gasteiger partial charge on any atom is -0.480 e. The smallest absolute Gasteiger partial charge is 0.320 e. The summed E-state index contributed by atoms with van der Waals surface area (Å²) in [6.45, 7) is 0. The van der Waals surface area contributed by atoms with Gasteiger partial charge in [-0.15, -0.1) is 0 Å². The van der Waals surface area contributed by atoms with Crippen LogP contribution >= 0.6 is 0 Å². The predicted octanol–water partition coefficient (Wildman–Crippen LogP) is -0.860. The number of carboxylic acid groups (broad SMARTS) is 1. The van der Waals surface area contributed by atoms with E-state index in [2.05, 4.69) is 9.97 Å². The van der Waals surface area contributed by atoms with Gasteiger partial charge in [0.2, 0.25) is 5.91 Å². The number of carbonyl (C=O) groups excluding carboxylic acids is 1. The van der Waals surface area contributed by atoms with Gasteiger partial charge >= 0.3 is 5.97 Å². The van der Waals surface area contributed by atoms with Crippen molar-refractivity contribution in [2.24, 2.45) is 11.5 Å². The number of hydrogen-bond donors (Lipinski definition) is 3. The Morgan fingerprint density at radius 2 is 1.88 bits per heavy atom. The molecule has 0 aromatic carbocycles. The normalized spacial score (nSPS) is 10.8. The van der Waals surface area contributed by atoms with Gasteiger partial charge < -0.3 is 16.6 Å². The lowest BCUT2D eigenvalue weighted by Gasteiger charge is -2.01. The Labute approximate surface area is 92.5 Å². The number of aliphatic carboxylic acids is 1. The van der Waals surface area contributed by atoms with Crippen molar-refractivity contribution in [2.75, 3.05) is 0 Å². The molecule has 1 unspecified atom stereocenters. The van der Waals surface area contributed by atoms with Gasteiger partial charge in [0, 0.05) is 18.8 Å². The van der Waals surface area contributed by atoms with Crippen molar-refractivity contribution in [1.29, 1.82) is 0 Å². The Balaban J connectivity index is 0.000000315. The molecule has 1 heterocycles. The summed E-state index contributed by atoms with van der Waals surface area (Å²) >= 11 is 0. The second-order valence-corrected chi connectivity index (χ2v) is 2.85. The van der Waals surface area contributed by atoms with E-state index >= 15 is 0 Å². The molecule has 0 bridgehead atoms. The van der Waals surface area contributed by atoms with Gasteiger partial charge in [0.05, 0.1) is 0 Å². The third kappa shape index (κ3) is 8.57. The van der Waals surface area contributed by atoms with Crippen LogP contribution in [0.15, 0.2) is 24.8 Å². The summed E-state index contributed by atoms with van der Waals surface area (Å²) < 4.78 is 0. The number of carboxylic acids is 1. The number of amides is 1. The highest BCUT2D eigenvalue weighted by molar-refractivity contribution is 5.76. The standard InChI is InChI=1S/C5H10N2O3.C4H4N2/c6-3(5(9)10)1-2-4(7)8;1-2-5-4-6-3-1/h3H,1-2,6H2,(H2,7,8)(H,9,10);1-4H. The molecule has 0 aliphatic carbocycles. The van der Waals surface area contributed by atoms with Crippen LogP contribution in [0.25, 0.3) is 0 Å². The first-order chi connectivity index (χ1) is 7.54. The van der Waals surface area contributed by atoms with Crippen molar-refractivity contribution >= 4 is 11.9 Å². The molecule has 1 rings (SSSR count). The predicted molar refractivity (Wildman–Crippen MR) is 56.1 cm³/mol. The van der Waals surface area contributed by atoms with E-state index in [4.69, 9.17) is 16.6 Å². The second-order valence-electron chi connectivity index (χ2n) is 2.85. The molecule has 5 N–H and O–H groups in total. The van der Waals surface area contributed by atoms with Gasteiger partial charge in [0.1, 0.15) is 12.4 Å². The van der Waals surface area contributed by atoms with Crippen LogP contribution in [0.3, 0.4) is 0 Å². The minimum absolute atomic E-state index is 0.0213. The van der Waals surface area contributed by atoms with Crippen molar-refractivity contribution in [3.8, 4) is 0 Å². The molecule has 0 radical (unpaired) electrons. The number of hydrogen-bond acceptors (Lipinski definition) is 5. The van der Waals surface area contributed by atoms with Gasteiger partial charge in [0.25, 0.3) is 0 Å². The Hall–Kier alpha value is -2.02. The van der Waals surface area contributed by atoms with Crippen LogP contribution in [0.4, 0.5) is 0 Å². The fraction of sp³-hybridized carbons (Fsp3) is 0.333. The molecule has 0 saturated heterocycles. The summed E-state index contributed by atoms with van der Waals surface area (Å²) in [6.07, 6.45) is 5.00. The quantitative estimate of drug-likeness (QED) is 0.612. The highest BCUT2D eigenvalue weighted by Gasteiger charge is 2.11. The lowest BCUT2D eigenvalue weighted by molar-refractivity contribution is -0.138. The number of rotatable bonds is 4. The van der Waals surface area contributed by atoms with E-state index in [1.807, 2.05) is 0 Å². The number of aromatic nitrogens is 2. The highest BCUT2D eigenvalue weighted by atomic mass is 16.4. The monoisotopic (exact) mass is 226 g/mol. The van der Waals surface area contributed by atoms with Crippen molar-refractivity contribution < 1.29 is 14.7 Å². The third-order valence-electron chi connectivity index (χ3n) is 1.50. The molecule has 7 heteroatoms. The van der Waals surface area contributed by atoms with Gasteiger partial charge in [-0.05, 0) is 12.5 Å². The van der Waals surface area contributed by atoms with Crippen molar-refractivity contribution in [1.82, 2.24) is 9.97 Å². The Morgan fingerprint density at radius 3 is 2.12 bits per heavy atom. The SMILES string of the molecule is NC(=O)CCC(N)C(=O)O.c1cncnc1. The lowest BCUT2D eigenvalue weighted by Crippen LogP contribution is -2.31. The van der Waals surface area contributed by atoms with Crippen LogP contribution in [-0.2, 0) is 9.59 Å². The maximum atomic E-state index is 10.1. The molecule has 0 spiro atoms. The van der Waals surface area contributed by atoms with Gasteiger partial charge in [0.15, 0.2) is 0 Å². The molecule has 1 aromatic rings. The largest absolute Gasteiger partial charge is 0.480 e. The van der Waals surface area contributed by atoms with E-state index in [1.165, 1.54) is 6.33 Å². The Kier molecular flexibility index (Phi) is 7.25. The topological polar surface area (TPSA) is 132 Å². The van der Waals surface area contributed by atoms with Gasteiger partial charge in [-0.25, -0.2) is 9.97 Å². The maximum Gasteiger partial charge on any atom is 0.320 e. The van der Waals surface area contributed by atoms with Crippen LogP contribution in [0.1, 0.15) is 12.8 Å². The zero-order chi connectivity index (χ0) is 12.4. The molecule has 1 amide bonds. The molecule has 0 saturated carbocycles. The molecule has 88 valence electrons. The molecule has 7 nitrogen and oxygen atoms in total. The van der Waals surface area contributed by atoms with Crippen LogP contribution < -0.4 is 11.5 Å². The maximum absolute atomic E-state index is 10.1. The number of nitrogens with zero attached hydrogens (tertiary/aromatic N) is 2.